The zero-order valence-electron chi connectivity index (χ0n) is 19.1. The van der Waals surface area contributed by atoms with Crippen molar-refractivity contribution in [1.82, 2.24) is 5.32 Å². The summed E-state index contributed by atoms with van der Waals surface area (Å²) in [6.45, 7) is 10.8. The van der Waals surface area contributed by atoms with E-state index in [2.05, 4.69) is 43.1 Å². The minimum absolute atomic E-state index is 0.0247. The number of hydrogen-bond donors (Lipinski definition) is 4. The molecule has 0 fully saturated rings. The number of hydrogen-bond acceptors (Lipinski definition) is 6. The number of carbonyl (C=O) groups excluding carboxylic acids is 1. The van der Waals surface area contributed by atoms with Gasteiger partial charge in [0.15, 0.2) is 0 Å². The highest BCUT2D eigenvalue weighted by molar-refractivity contribution is 5.93. The number of aliphatic hydroxyl groups is 2. The number of aliphatic imine (C=N–C) groups is 1. The number of amides is 1. The summed E-state index contributed by atoms with van der Waals surface area (Å²) >= 11 is 0. The van der Waals surface area contributed by atoms with Gasteiger partial charge in [-0.3, -0.25) is 15.1 Å². The van der Waals surface area contributed by atoms with E-state index < -0.39 is 6.23 Å². The molecule has 7 heteroatoms. The first-order chi connectivity index (χ1) is 15.2. The quantitative estimate of drug-likeness (QED) is 0.356. The molecule has 0 aromatic heterocycles. The second-order valence-electron chi connectivity index (χ2n) is 9.14. The van der Waals surface area contributed by atoms with Gasteiger partial charge in [-0.25, -0.2) is 0 Å². The van der Waals surface area contributed by atoms with Crippen molar-refractivity contribution in [2.75, 3.05) is 23.4 Å². The predicted octanol–water partition coefficient (Wildman–Crippen LogP) is 3.32. The Balaban J connectivity index is 1.58. The number of carbonyl (C=O) groups is 1. The Hall–Kier alpha value is -2.74. The van der Waals surface area contributed by atoms with Gasteiger partial charge in [0.1, 0.15) is 12.4 Å². The van der Waals surface area contributed by atoms with E-state index in [1.807, 2.05) is 42.5 Å². The molecule has 7 nitrogen and oxygen atoms in total. The third kappa shape index (κ3) is 5.73. The molecule has 0 spiro atoms. The number of benzene rings is 2. The van der Waals surface area contributed by atoms with Crippen LogP contribution in [-0.2, 0) is 16.8 Å². The molecule has 0 saturated carbocycles. The number of nitrogens with zero attached hydrogens (tertiary/aromatic N) is 2. The first kappa shape index (κ1) is 23.9. The fourth-order valence-electron chi connectivity index (χ4n) is 3.89. The maximum atomic E-state index is 12.8. The second kappa shape index (κ2) is 10.3. The zero-order chi connectivity index (χ0) is 23.3. The minimum atomic E-state index is -0.862. The van der Waals surface area contributed by atoms with Gasteiger partial charge in [0.05, 0.1) is 6.61 Å². The summed E-state index contributed by atoms with van der Waals surface area (Å²) in [5, 5.41) is 26.2. The summed E-state index contributed by atoms with van der Waals surface area (Å²) in [6, 6.07) is 13.7. The van der Waals surface area contributed by atoms with Gasteiger partial charge in [-0.15, -0.1) is 0 Å². The summed E-state index contributed by atoms with van der Waals surface area (Å²) in [5.41, 5.74) is 4.95. The normalized spacial score (nSPS) is 16.3. The molecule has 2 atom stereocenters. The van der Waals surface area contributed by atoms with Gasteiger partial charge in [-0.1, -0.05) is 39.0 Å². The van der Waals surface area contributed by atoms with E-state index in [0.717, 1.165) is 22.5 Å². The summed E-state index contributed by atoms with van der Waals surface area (Å²) < 4.78 is 0. The third-order valence-electron chi connectivity index (χ3n) is 5.74. The molecule has 1 aliphatic rings. The largest absolute Gasteiger partial charge is 0.395 e. The average Bonchev–Trinajstić information content (AvgIpc) is 3.17. The summed E-state index contributed by atoms with van der Waals surface area (Å²) in [4.78, 5) is 18.5. The topological polar surface area (TPSA) is 97.2 Å². The van der Waals surface area contributed by atoms with Crippen LogP contribution in [0.3, 0.4) is 0 Å². The predicted molar refractivity (Wildman–Crippen MR) is 129 cm³/mol. The molecular formula is C25H34N4O3. The van der Waals surface area contributed by atoms with Gasteiger partial charge in [-0.2, -0.15) is 0 Å². The van der Waals surface area contributed by atoms with Crippen LogP contribution in [0.5, 0.6) is 0 Å². The van der Waals surface area contributed by atoms with E-state index in [4.69, 9.17) is 0 Å². The maximum Gasteiger partial charge on any atom is 0.227 e. The highest BCUT2D eigenvalue weighted by atomic mass is 16.3. The minimum Gasteiger partial charge on any atom is -0.395 e. The summed E-state index contributed by atoms with van der Waals surface area (Å²) in [5.74, 6) is -0.138. The lowest BCUT2D eigenvalue weighted by Crippen LogP contribution is -2.34. The molecule has 1 heterocycles. The SMILES string of the molecule is C=NC1NCc2cc(NC(O)CCC(=O)N(CCO)c3ccc(C(C)(C)C)cc3)ccc21. The van der Waals surface area contributed by atoms with Crippen LogP contribution in [0.15, 0.2) is 47.5 Å². The van der Waals surface area contributed by atoms with E-state index in [0.29, 0.717) is 6.54 Å². The molecular weight excluding hydrogens is 404 g/mol. The molecule has 2 aromatic rings. The van der Waals surface area contributed by atoms with Gasteiger partial charge in [0, 0.05) is 37.3 Å². The highest BCUT2D eigenvalue weighted by Gasteiger charge is 2.21. The summed E-state index contributed by atoms with van der Waals surface area (Å²) in [7, 11) is 0. The average molecular weight is 439 g/mol. The van der Waals surface area contributed by atoms with Crippen molar-refractivity contribution in [2.45, 2.75) is 58.0 Å². The summed E-state index contributed by atoms with van der Waals surface area (Å²) in [6.07, 6.45) is -0.535. The molecule has 2 aromatic carbocycles. The van der Waals surface area contributed by atoms with Crippen molar-refractivity contribution in [1.29, 1.82) is 0 Å². The second-order valence-corrected chi connectivity index (χ2v) is 9.14. The van der Waals surface area contributed by atoms with E-state index in [9.17, 15) is 15.0 Å². The Morgan fingerprint density at radius 1 is 1.28 bits per heavy atom. The number of aliphatic hydroxyl groups excluding tert-OH is 2. The van der Waals surface area contributed by atoms with Gasteiger partial charge in [0.25, 0.3) is 0 Å². The highest BCUT2D eigenvalue weighted by Crippen LogP contribution is 2.29. The monoisotopic (exact) mass is 438 g/mol. The van der Waals surface area contributed by atoms with E-state index in [1.54, 1.807) is 4.90 Å². The Kier molecular flexibility index (Phi) is 7.66. The molecule has 1 aliphatic heterocycles. The fraction of sp³-hybridized carbons (Fsp3) is 0.440. The van der Waals surface area contributed by atoms with Crippen LogP contribution in [0.2, 0.25) is 0 Å². The van der Waals surface area contributed by atoms with Crippen molar-refractivity contribution in [3.63, 3.8) is 0 Å². The lowest BCUT2D eigenvalue weighted by atomic mass is 9.87. The van der Waals surface area contributed by atoms with E-state index >= 15 is 0 Å². The van der Waals surface area contributed by atoms with Crippen molar-refractivity contribution in [3.05, 3.63) is 59.2 Å². The standard InChI is InChI=1S/C25H34N4O3/c1-25(2,3)18-5-8-20(9-6-18)29(13-14-30)23(32)12-11-22(31)28-19-7-10-21-17(15-19)16-27-24(21)26-4/h5-10,15,22,24,27-28,30-31H,4,11-14,16H2,1-3H3. The van der Waals surface area contributed by atoms with Gasteiger partial charge < -0.3 is 20.4 Å². The van der Waals surface area contributed by atoms with Crippen LogP contribution in [0.25, 0.3) is 0 Å². The van der Waals surface area contributed by atoms with Crippen molar-refractivity contribution in [2.24, 2.45) is 4.99 Å². The third-order valence-corrected chi connectivity index (χ3v) is 5.74. The van der Waals surface area contributed by atoms with Crippen molar-refractivity contribution in [3.8, 4) is 0 Å². The van der Waals surface area contributed by atoms with Crippen LogP contribution < -0.4 is 15.5 Å². The molecule has 1 amide bonds. The molecule has 0 saturated heterocycles. The molecule has 0 radical (unpaired) electrons. The Bertz CT molecular complexity index is 937. The lowest BCUT2D eigenvalue weighted by molar-refractivity contribution is -0.119. The molecule has 2 unspecified atom stereocenters. The Morgan fingerprint density at radius 2 is 2.00 bits per heavy atom. The number of nitrogens with one attached hydrogen (secondary N) is 2. The Morgan fingerprint density at radius 3 is 2.62 bits per heavy atom. The van der Waals surface area contributed by atoms with Gasteiger partial charge in [-0.05, 0) is 53.1 Å². The van der Waals surface area contributed by atoms with Crippen LogP contribution in [0, 0.1) is 0 Å². The van der Waals surface area contributed by atoms with E-state index in [-0.39, 0.29) is 43.5 Å². The lowest BCUT2D eigenvalue weighted by Gasteiger charge is -2.25. The maximum absolute atomic E-state index is 12.8. The number of anilines is 2. The van der Waals surface area contributed by atoms with Crippen LogP contribution in [0.4, 0.5) is 11.4 Å². The van der Waals surface area contributed by atoms with Gasteiger partial charge in [0.2, 0.25) is 5.91 Å². The van der Waals surface area contributed by atoms with Crippen molar-refractivity contribution < 1.29 is 15.0 Å². The molecule has 32 heavy (non-hydrogen) atoms. The van der Waals surface area contributed by atoms with Crippen LogP contribution in [0.1, 0.15) is 56.5 Å². The van der Waals surface area contributed by atoms with Crippen molar-refractivity contribution >= 4 is 24.0 Å². The first-order valence-corrected chi connectivity index (χ1v) is 11.0. The molecule has 0 aliphatic carbocycles. The van der Waals surface area contributed by atoms with E-state index in [1.165, 1.54) is 5.56 Å². The number of fused-ring (bicyclic) bond motifs is 1. The molecule has 0 bridgehead atoms. The smallest absolute Gasteiger partial charge is 0.227 e. The molecule has 4 N–H and O–H groups in total. The molecule has 172 valence electrons. The zero-order valence-corrected chi connectivity index (χ0v) is 19.1. The van der Waals surface area contributed by atoms with Crippen LogP contribution in [-0.4, -0.2) is 42.2 Å². The van der Waals surface area contributed by atoms with Crippen LogP contribution >= 0.6 is 0 Å². The number of rotatable bonds is 9. The fourth-order valence-corrected chi connectivity index (χ4v) is 3.89. The molecule has 3 rings (SSSR count). The van der Waals surface area contributed by atoms with Gasteiger partial charge >= 0.3 is 0 Å². The first-order valence-electron chi connectivity index (χ1n) is 11.0. The Labute approximate surface area is 190 Å².